The minimum Gasteiger partial charge on any atom is -0.461 e. The summed E-state index contributed by atoms with van der Waals surface area (Å²) in [5, 5.41) is 2.18. The van der Waals surface area contributed by atoms with Crippen molar-refractivity contribution in [3.63, 3.8) is 0 Å². The zero-order chi connectivity index (χ0) is 26.8. The van der Waals surface area contributed by atoms with E-state index in [-0.39, 0.29) is 24.8 Å². The maximum atomic E-state index is 13.3. The standard InChI is InChI=1S/C30H29N3O4S/c1-4-18-7-11-22-20(13-18)9-10-21-14-19(5-2)8-12-23(21)27(22)24-15-33(30(36)32-28(24)34)16-26-31-25(17-38-26)29(35)37-6-3/h7-15,17,27H,4-6,16H2,1-3H3,(H,32,34,36). The van der Waals surface area contributed by atoms with E-state index < -0.39 is 17.2 Å². The van der Waals surface area contributed by atoms with E-state index in [9.17, 15) is 14.4 Å². The van der Waals surface area contributed by atoms with E-state index in [4.69, 9.17) is 4.74 Å². The number of hydrogen-bond donors (Lipinski definition) is 1. The number of carbonyl (C=O) groups is 1. The Morgan fingerprint density at radius 3 is 2.18 bits per heavy atom. The fraction of sp³-hybridized carbons (Fsp3) is 0.267. The Kier molecular flexibility index (Phi) is 7.24. The van der Waals surface area contributed by atoms with Crippen LogP contribution < -0.4 is 11.2 Å². The van der Waals surface area contributed by atoms with Gasteiger partial charge in [0.05, 0.1) is 13.2 Å². The smallest absolute Gasteiger partial charge is 0.357 e. The number of rotatable bonds is 7. The molecule has 0 aliphatic heterocycles. The predicted octanol–water partition coefficient (Wildman–Crippen LogP) is 5.01. The lowest BCUT2D eigenvalue weighted by molar-refractivity contribution is 0.0520. The Morgan fingerprint density at radius 1 is 0.974 bits per heavy atom. The molecule has 1 N–H and O–H groups in total. The second kappa shape index (κ2) is 10.8. The van der Waals surface area contributed by atoms with Crippen molar-refractivity contribution in [2.75, 3.05) is 6.61 Å². The van der Waals surface area contributed by atoms with Crippen molar-refractivity contribution in [2.45, 2.75) is 46.1 Å². The summed E-state index contributed by atoms with van der Waals surface area (Å²) < 4.78 is 6.47. The highest BCUT2D eigenvalue weighted by atomic mass is 32.1. The van der Waals surface area contributed by atoms with Gasteiger partial charge in [-0.25, -0.2) is 14.6 Å². The number of nitrogens with one attached hydrogen (secondary N) is 1. The lowest BCUT2D eigenvalue weighted by Gasteiger charge is -2.22. The molecule has 2 aromatic heterocycles. The van der Waals surface area contributed by atoms with Crippen LogP contribution in [0.3, 0.4) is 0 Å². The highest BCUT2D eigenvalue weighted by Crippen LogP contribution is 2.38. The van der Waals surface area contributed by atoms with Crippen LogP contribution in [0.4, 0.5) is 0 Å². The molecule has 194 valence electrons. The lowest BCUT2D eigenvalue weighted by atomic mass is 9.82. The molecule has 0 atom stereocenters. The van der Waals surface area contributed by atoms with Gasteiger partial charge >= 0.3 is 11.7 Å². The maximum absolute atomic E-state index is 13.3. The van der Waals surface area contributed by atoms with Gasteiger partial charge in [0.1, 0.15) is 5.01 Å². The number of benzene rings is 2. The SMILES string of the molecule is CCOC(=O)c1csc(Cn2cc(C3c4ccc(CC)cc4C=Cc4cc(CC)ccc43)c(=O)[nH]c2=O)n1. The number of carbonyl (C=O) groups excluding carboxylic acids is 1. The molecular weight excluding hydrogens is 498 g/mol. The van der Waals surface area contributed by atoms with Gasteiger partial charge in [0.25, 0.3) is 5.56 Å². The molecule has 0 radical (unpaired) electrons. The molecule has 4 aromatic rings. The quantitative estimate of drug-likeness (QED) is 0.301. The van der Waals surface area contributed by atoms with E-state index in [2.05, 4.69) is 72.4 Å². The Labute approximate surface area is 224 Å². The van der Waals surface area contributed by atoms with Crippen LogP contribution in [0.15, 0.2) is 57.6 Å². The molecule has 0 unspecified atom stereocenters. The predicted molar refractivity (Wildman–Crippen MR) is 150 cm³/mol. The normalized spacial score (nSPS) is 12.6. The summed E-state index contributed by atoms with van der Waals surface area (Å²) in [6.07, 6.45) is 7.68. The third-order valence-corrected chi connectivity index (χ3v) is 7.71. The topological polar surface area (TPSA) is 94.0 Å². The van der Waals surface area contributed by atoms with Crippen molar-refractivity contribution in [2.24, 2.45) is 0 Å². The number of esters is 1. The van der Waals surface area contributed by atoms with Gasteiger partial charge in [-0.05, 0) is 53.1 Å². The molecule has 1 aliphatic rings. The molecule has 0 fully saturated rings. The van der Waals surface area contributed by atoms with Gasteiger partial charge < -0.3 is 4.74 Å². The lowest BCUT2D eigenvalue weighted by Crippen LogP contribution is -2.33. The second-order valence-corrected chi connectivity index (χ2v) is 10.2. The first-order valence-electron chi connectivity index (χ1n) is 12.8. The molecule has 0 saturated carbocycles. The van der Waals surface area contributed by atoms with Gasteiger partial charge in [0.2, 0.25) is 0 Å². The average Bonchev–Trinajstić information content (AvgIpc) is 3.33. The van der Waals surface area contributed by atoms with Crippen LogP contribution in [0, 0.1) is 0 Å². The molecule has 0 bridgehead atoms. The van der Waals surface area contributed by atoms with Crippen LogP contribution >= 0.6 is 11.3 Å². The van der Waals surface area contributed by atoms with Gasteiger partial charge in [-0.2, -0.15) is 0 Å². The van der Waals surface area contributed by atoms with Crippen LogP contribution in [-0.2, 0) is 24.1 Å². The summed E-state index contributed by atoms with van der Waals surface area (Å²) in [4.78, 5) is 45.0. The fourth-order valence-corrected chi connectivity index (χ4v) is 5.62. The first-order chi connectivity index (χ1) is 18.4. The summed E-state index contributed by atoms with van der Waals surface area (Å²) in [7, 11) is 0. The van der Waals surface area contributed by atoms with Crippen LogP contribution in [0.25, 0.3) is 12.2 Å². The van der Waals surface area contributed by atoms with Crippen LogP contribution in [0.5, 0.6) is 0 Å². The fourth-order valence-electron chi connectivity index (χ4n) is 4.86. The minimum absolute atomic E-state index is 0.126. The van der Waals surface area contributed by atoms with Gasteiger partial charge in [-0.1, -0.05) is 62.4 Å². The average molecular weight is 528 g/mol. The summed E-state index contributed by atoms with van der Waals surface area (Å²) in [5.41, 5.74) is 6.31. The van der Waals surface area contributed by atoms with Crippen molar-refractivity contribution in [1.82, 2.24) is 14.5 Å². The van der Waals surface area contributed by atoms with E-state index in [0.29, 0.717) is 10.6 Å². The third kappa shape index (κ3) is 4.91. The summed E-state index contributed by atoms with van der Waals surface area (Å²) in [5.74, 6) is -0.865. The molecule has 2 heterocycles. The summed E-state index contributed by atoms with van der Waals surface area (Å²) in [6, 6.07) is 12.7. The van der Waals surface area contributed by atoms with Crippen LogP contribution in [-0.4, -0.2) is 27.1 Å². The van der Waals surface area contributed by atoms with Crippen LogP contribution in [0.2, 0.25) is 0 Å². The molecule has 0 saturated heterocycles. The Bertz CT molecular complexity index is 1600. The van der Waals surface area contributed by atoms with Gasteiger partial charge in [0.15, 0.2) is 5.69 Å². The van der Waals surface area contributed by atoms with E-state index in [1.165, 1.54) is 27.0 Å². The highest BCUT2D eigenvalue weighted by molar-refractivity contribution is 7.09. The minimum atomic E-state index is -0.526. The van der Waals surface area contributed by atoms with E-state index in [0.717, 1.165) is 35.1 Å². The van der Waals surface area contributed by atoms with E-state index >= 15 is 0 Å². The first-order valence-corrected chi connectivity index (χ1v) is 13.7. The molecule has 2 aromatic carbocycles. The van der Waals surface area contributed by atoms with Gasteiger partial charge in [-0.15, -0.1) is 11.3 Å². The third-order valence-electron chi connectivity index (χ3n) is 6.87. The molecule has 38 heavy (non-hydrogen) atoms. The number of fused-ring (bicyclic) bond motifs is 2. The number of nitrogens with zero attached hydrogens (tertiary/aromatic N) is 2. The Morgan fingerprint density at radius 2 is 1.61 bits per heavy atom. The molecule has 8 heteroatoms. The number of aryl methyl sites for hydroxylation is 2. The van der Waals surface area contributed by atoms with Crippen LogP contribution in [0.1, 0.15) is 81.1 Å². The molecule has 1 aliphatic carbocycles. The maximum Gasteiger partial charge on any atom is 0.357 e. The molecule has 0 spiro atoms. The molecule has 0 amide bonds. The Hall–Kier alpha value is -4.04. The zero-order valence-electron chi connectivity index (χ0n) is 21.6. The van der Waals surface area contributed by atoms with Crippen molar-refractivity contribution in [3.8, 4) is 0 Å². The number of hydrogen-bond acceptors (Lipinski definition) is 6. The van der Waals surface area contributed by atoms with E-state index in [1.807, 2.05) is 0 Å². The van der Waals surface area contributed by atoms with Crippen molar-refractivity contribution in [3.05, 3.63) is 118 Å². The van der Waals surface area contributed by atoms with Gasteiger partial charge in [0, 0.05) is 23.1 Å². The number of H-pyrrole nitrogens is 1. The Balaban J connectivity index is 1.63. The van der Waals surface area contributed by atoms with Crippen molar-refractivity contribution < 1.29 is 9.53 Å². The van der Waals surface area contributed by atoms with E-state index in [1.54, 1.807) is 18.5 Å². The first kappa shape index (κ1) is 25.6. The zero-order valence-corrected chi connectivity index (χ0v) is 22.4. The number of thiazole rings is 1. The molecule has 5 rings (SSSR count). The monoisotopic (exact) mass is 527 g/mol. The van der Waals surface area contributed by atoms with Gasteiger partial charge in [-0.3, -0.25) is 14.3 Å². The number of aromatic amines is 1. The highest BCUT2D eigenvalue weighted by Gasteiger charge is 2.27. The number of ether oxygens (including phenoxy) is 1. The second-order valence-electron chi connectivity index (χ2n) is 9.22. The largest absolute Gasteiger partial charge is 0.461 e. The number of aromatic nitrogens is 3. The summed E-state index contributed by atoms with van der Waals surface area (Å²) in [6.45, 7) is 6.36. The molecule has 7 nitrogen and oxygen atoms in total. The molecular formula is C30H29N3O4S. The van der Waals surface area contributed by atoms with Crippen molar-refractivity contribution >= 4 is 29.5 Å². The summed E-state index contributed by atoms with van der Waals surface area (Å²) >= 11 is 1.27. The van der Waals surface area contributed by atoms with Crippen molar-refractivity contribution in [1.29, 1.82) is 0 Å².